The first-order valence-electron chi connectivity index (χ1n) is 6.95. The summed E-state index contributed by atoms with van der Waals surface area (Å²) in [5.74, 6) is -0.0594. The van der Waals surface area contributed by atoms with Gasteiger partial charge in [0.05, 0.1) is 0 Å². The van der Waals surface area contributed by atoms with Crippen molar-refractivity contribution in [2.45, 2.75) is 12.8 Å². The highest BCUT2D eigenvalue weighted by atomic mass is 16.2. The minimum absolute atomic E-state index is 0.0594. The molecule has 0 fully saturated rings. The van der Waals surface area contributed by atoms with Gasteiger partial charge in [-0.3, -0.25) is 9.78 Å². The van der Waals surface area contributed by atoms with Crippen molar-refractivity contribution in [3.05, 3.63) is 54.4 Å². The van der Waals surface area contributed by atoms with Crippen LogP contribution in [0.2, 0.25) is 0 Å². The maximum Gasteiger partial charge on any atom is 0.318 e. The largest absolute Gasteiger partial charge is 0.341 e. The summed E-state index contributed by atoms with van der Waals surface area (Å²) in [6, 6.07) is 10.5. The van der Waals surface area contributed by atoms with Gasteiger partial charge in [0.2, 0.25) is 5.91 Å². The van der Waals surface area contributed by atoms with Gasteiger partial charge in [-0.05, 0) is 42.3 Å². The van der Waals surface area contributed by atoms with E-state index in [4.69, 9.17) is 0 Å². The molecule has 0 saturated carbocycles. The summed E-state index contributed by atoms with van der Waals surface area (Å²) in [7, 11) is 1.55. The number of anilines is 2. The van der Waals surface area contributed by atoms with E-state index >= 15 is 0 Å². The molecule has 0 atom stereocenters. The molecule has 2 rings (SSSR count). The highest BCUT2D eigenvalue weighted by Gasteiger charge is 2.04. The van der Waals surface area contributed by atoms with Gasteiger partial charge in [0.15, 0.2) is 0 Å². The van der Waals surface area contributed by atoms with Gasteiger partial charge in [-0.15, -0.1) is 0 Å². The first kappa shape index (κ1) is 15.5. The van der Waals surface area contributed by atoms with E-state index in [-0.39, 0.29) is 11.9 Å². The van der Waals surface area contributed by atoms with Crippen molar-refractivity contribution >= 4 is 23.3 Å². The Morgan fingerprint density at radius 2 is 1.73 bits per heavy atom. The van der Waals surface area contributed by atoms with Crippen LogP contribution in [0.3, 0.4) is 0 Å². The Morgan fingerprint density at radius 3 is 2.32 bits per heavy atom. The van der Waals surface area contributed by atoms with Crippen LogP contribution in [0.5, 0.6) is 0 Å². The SMILES string of the molecule is CNC(=O)Nc1ccc(NC(=O)CCc2cccnc2)cc1. The minimum atomic E-state index is -0.284. The Labute approximate surface area is 129 Å². The number of nitrogens with zero attached hydrogens (tertiary/aromatic N) is 1. The van der Waals surface area contributed by atoms with Crippen molar-refractivity contribution in [1.82, 2.24) is 10.3 Å². The summed E-state index contributed by atoms with van der Waals surface area (Å²) in [5.41, 5.74) is 2.38. The monoisotopic (exact) mass is 298 g/mol. The fraction of sp³-hybridized carbons (Fsp3) is 0.188. The van der Waals surface area contributed by atoms with Crippen molar-refractivity contribution in [2.75, 3.05) is 17.7 Å². The van der Waals surface area contributed by atoms with E-state index in [2.05, 4.69) is 20.9 Å². The molecule has 6 nitrogen and oxygen atoms in total. The molecule has 0 saturated heterocycles. The van der Waals surface area contributed by atoms with Crippen molar-refractivity contribution in [3.8, 4) is 0 Å². The molecular weight excluding hydrogens is 280 g/mol. The summed E-state index contributed by atoms with van der Waals surface area (Å²) >= 11 is 0. The second-order valence-electron chi connectivity index (χ2n) is 4.69. The Bertz CT molecular complexity index is 626. The number of aryl methyl sites for hydroxylation is 1. The second-order valence-corrected chi connectivity index (χ2v) is 4.69. The zero-order valence-corrected chi connectivity index (χ0v) is 12.3. The van der Waals surface area contributed by atoms with Crippen LogP contribution in [0.25, 0.3) is 0 Å². The molecule has 0 aliphatic carbocycles. The molecule has 2 aromatic rings. The van der Waals surface area contributed by atoms with Crippen molar-refractivity contribution in [2.24, 2.45) is 0 Å². The fourth-order valence-electron chi connectivity index (χ4n) is 1.86. The molecule has 0 unspecified atom stereocenters. The molecule has 0 bridgehead atoms. The van der Waals surface area contributed by atoms with Crippen LogP contribution >= 0.6 is 0 Å². The number of hydrogen-bond acceptors (Lipinski definition) is 3. The fourth-order valence-corrected chi connectivity index (χ4v) is 1.86. The summed E-state index contributed by atoms with van der Waals surface area (Å²) < 4.78 is 0. The molecule has 3 N–H and O–H groups in total. The van der Waals surface area contributed by atoms with Crippen LogP contribution in [0, 0.1) is 0 Å². The van der Waals surface area contributed by atoms with Crippen LogP contribution in [-0.4, -0.2) is 24.0 Å². The number of benzene rings is 1. The van der Waals surface area contributed by atoms with Crippen LogP contribution in [0.15, 0.2) is 48.8 Å². The number of carbonyl (C=O) groups is 2. The number of urea groups is 1. The number of carbonyl (C=O) groups excluding carboxylic acids is 2. The maximum atomic E-state index is 11.9. The van der Waals surface area contributed by atoms with Crippen LogP contribution in [0.4, 0.5) is 16.2 Å². The highest BCUT2D eigenvalue weighted by molar-refractivity contribution is 5.92. The Morgan fingerprint density at radius 1 is 1.05 bits per heavy atom. The van der Waals surface area contributed by atoms with Gasteiger partial charge in [-0.25, -0.2) is 4.79 Å². The third kappa shape index (κ3) is 4.90. The van der Waals surface area contributed by atoms with Crippen LogP contribution in [-0.2, 0) is 11.2 Å². The molecule has 114 valence electrons. The summed E-state index contributed by atoms with van der Waals surface area (Å²) in [6.45, 7) is 0. The van der Waals surface area contributed by atoms with E-state index in [0.29, 0.717) is 24.2 Å². The van der Waals surface area contributed by atoms with E-state index in [0.717, 1.165) is 5.56 Å². The number of nitrogens with one attached hydrogen (secondary N) is 3. The van der Waals surface area contributed by atoms with Crippen LogP contribution in [0.1, 0.15) is 12.0 Å². The molecule has 22 heavy (non-hydrogen) atoms. The lowest BCUT2D eigenvalue weighted by molar-refractivity contribution is -0.116. The Hall–Kier alpha value is -2.89. The second kappa shape index (κ2) is 7.78. The summed E-state index contributed by atoms with van der Waals surface area (Å²) in [4.78, 5) is 27.1. The van der Waals surface area contributed by atoms with E-state index in [1.165, 1.54) is 0 Å². The van der Waals surface area contributed by atoms with E-state index in [1.807, 2.05) is 12.1 Å². The Kier molecular flexibility index (Phi) is 5.48. The average Bonchev–Trinajstić information content (AvgIpc) is 2.55. The van der Waals surface area contributed by atoms with Gasteiger partial charge >= 0.3 is 6.03 Å². The smallest absolute Gasteiger partial charge is 0.318 e. The van der Waals surface area contributed by atoms with E-state index < -0.39 is 0 Å². The molecule has 6 heteroatoms. The maximum absolute atomic E-state index is 11.9. The Balaban J connectivity index is 1.82. The first-order valence-corrected chi connectivity index (χ1v) is 6.95. The summed E-state index contributed by atoms with van der Waals surface area (Å²) in [6.07, 6.45) is 4.50. The standard InChI is InChI=1S/C16H18N4O2/c1-17-16(22)20-14-7-5-13(6-8-14)19-15(21)9-4-12-3-2-10-18-11-12/h2-3,5-8,10-11H,4,9H2,1H3,(H,19,21)(H2,17,20,22). The lowest BCUT2D eigenvalue weighted by atomic mass is 10.1. The highest BCUT2D eigenvalue weighted by Crippen LogP contribution is 2.14. The molecular formula is C16H18N4O2. The number of rotatable bonds is 5. The topological polar surface area (TPSA) is 83.1 Å². The van der Waals surface area contributed by atoms with E-state index in [9.17, 15) is 9.59 Å². The molecule has 0 aliphatic heterocycles. The lowest BCUT2D eigenvalue weighted by Crippen LogP contribution is -2.24. The number of hydrogen-bond donors (Lipinski definition) is 3. The number of amides is 3. The van der Waals surface area contributed by atoms with E-state index in [1.54, 1.807) is 43.7 Å². The molecule has 1 heterocycles. The van der Waals surface area contributed by atoms with Gasteiger partial charge in [0.1, 0.15) is 0 Å². The quantitative estimate of drug-likeness (QED) is 0.792. The molecule has 0 spiro atoms. The molecule has 0 aliphatic rings. The van der Waals surface area contributed by atoms with Crippen molar-refractivity contribution in [3.63, 3.8) is 0 Å². The predicted octanol–water partition coefficient (Wildman–Crippen LogP) is 2.40. The van der Waals surface area contributed by atoms with Gasteiger partial charge < -0.3 is 16.0 Å². The number of aromatic nitrogens is 1. The molecule has 1 aromatic heterocycles. The third-order valence-corrected chi connectivity index (χ3v) is 3.02. The number of pyridine rings is 1. The lowest BCUT2D eigenvalue weighted by Gasteiger charge is -2.07. The van der Waals surface area contributed by atoms with Crippen molar-refractivity contribution < 1.29 is 9.59 Å². The van der Waals surface area contributed by atoms with Gasteiger partial charge in [0, 0.05) is 37.2 Å². The molecule has 3 amide bonds. The van der Waals surface area contributed by atoms with Crippen LogP contribution < -0.4 is 16.0 Å². The minimum Gasteiger partial charge on any atom is -0.341 e. The van der Waals surface area contributed by atoms with Gasteiger partial charge in [-0.2, -0.15) is 0 Å². The molecule has 1 aromatic carbocycles. The third-order valence-electron chi connectivity index (χ3n) is 3.02. The average molecular weight is 298 g/mol. The zero-order valence-electron chi connectivity index (χ0n) is 12.3. The van der Waals surface area contributed by atoms with Crippen molar-refractivity contribution in [1.29, 1.82) is 0 Å². The zero-order chi connectivity index (χ0) is 15.8. The summed E-state index contributed by atoms with van der Waals surface area (Å²) in [5, 5.41) is 7.94. The normalized spacial score (nSPS) is 9.86. The first-order chi connectivity index (χ1) is 10.7. The van der Waals surface area contributed by atoms with Gasteiger partial charge in [-0.1, -0.05) is 6.07 Å². The predicted molar refractivity (Wildman–Crippen MR) is 85.7 cm³/mol. The molecule has 0 radical (unpaired) electrons. The van der Waals surface area contributed by atoms with Gasteiger partial charge in [0.25, 0.3) is 0 Å².